The first kappa shape index (κ1) is 83.3. The van der Waals surface area contributed by atoms with E-state index in [0.717, 1.165) is 134 Å². The van der Waals surface area contributed by atoms with Crippen molar-refractivity contribution in [1.29, 1.82) is 5.26 Å². The SMILES string of the molecule is [C-]#[N+]/C(=C(/C#N)c1ccc(N(c2ccc(-c3ccccc3)cc2)c2ccc(-c3ccc4[n+](c3)B(F)n3c(c5cccc6c(-c7ccc8c(c7)C7(c9ccccc9-c9ccccc97)c7ccccc7-8)ccc3c65)=N4)cc2)cc1)c1ccc(N(c2ccc(-c3ccccc3)cc2)c2ccc(-c3ccc4[n+](c3)[B]n3c(c5cccc6c(-c7ccc8c(c7)C7(c9ccccc9-c9ccccc97)c7ccccc7-8)ccc3c65)=N4)cc2)cc1. The van der Waals surface area contributed by atoms with Crippen LogP contribution >= 0.6 is 0 Å². The minimum Gasteiger partial charge on any atom is -0.311 e. The summed E-state index contributed by atoms with van der Waals surface area (Å²) in [5.74, 6) is 1.35. The Morgan fingerprint density at radius 3 is 1.06 bits per heavy atom. The lowest BCUT2D eigenvalue weighted by Crippen LogP contribution is -2.58. The largest absolute Gasteiger partial charge is 0.727 e. The highest BCUT2D eigenvalue weighted by Gasteiger charge is 2.54. The van der Waals surface area contributed by atoms with Gasteiger partial charge in [0.05, 0.1) is 52.2 Å². The Bertz CT molecular complexity index is 9870. The molecule has 147 heavy (non-hydrogen) atoms. The van der Waals surface area contributed by atoms with E-state index in [1.165, 1.54) is 111 Å². The molecular formula is C134H80B2FN10+2. The fourth-order valence-electron chi connectivity index (χ4n) is 25.3. The summed E-state index contributed by atoms with van der Waals surface area (Å²) in [6.45, 7) is 8.81. The highest BCUT2D eigenvalue weighted by atomic mass is 19.1. The molecule has 13 heteroatoms. The van der Waals surface area contributed by atoms with Crippen molar-refractivity contribution in [3.63, 3.8) is 0 Å². The predicted octanol–water partition coefficient (Wildman–Crippen LogP) is 30.7. The van der Waals surface area contributed by atoms with Crippen LogP contribution in [0.25, 0.3) is 171 Å². The van der Waals surface area contributed by atoms with E-state index < -0.39 is 18.1 Å². The van der Waals surface area contributed by atoms with Gasteiger partial charge in [-0.3, -0.25) is 13.3 Å². The Hall–Kier alpha value is -19.5. The van der Waals surface area contributed by atoms with Gasteiger partial charge in [-0.15, -0.1) is 0 Å². The van der Waals surface area contributed by atoms with Crippen molar-refractivity contribution in [2.45, 2.75) is 10.8 Å². The number of pyridine rings is 2. The number of hydrogen-bond acceptors (Lipinski definition) is 5. The molecule has 0 N–H and O–H groups in total. The van der Waals surface area contributed by atoms with E-state index in [1.54, 1.807) is 8.96 Å². The lowest BCUT2D eigenvalue weighted by molar-refractivity contribution is -0.535. The maximum atomic E-state index is 18.2. The van der Waals surface area contributed by atoms with Crippen LogP contribution < -0.4 is 29.7 Å². The Balaban J connectivity index is 0.440. The van der Waals surface area contributed by atoms with Crippen LogP contribution in [-0.2, 0) is 10.8 Å². The Kier molecular flexibility index (Phi) is 18.3. The number of hydrogen-bond donors (Lipinski definition) is 0. The topological polar surface area (TPSA) is 77.0 Å². The number of nitrogens with zero attached hydrogens (tertiary/aromatic N) is 10. The van der Waals surface area contributed by atoms with Gasteiger partial charge in [-0.25, -0.2) is 9.32 Å². The molecule has 6 heterocycles. The fraction of sp³-hybridized carbons (Fsp3) is 0.0149. The first-order chi connectivity index (χ1) is 72.7. The van der Waals surface area contributed by atoms with Crippen LogP contribution in [0, 0.1) is 17.9 Å². The van der Waals surface area contributed by atoms with Crippen LogP contribution in [0.1, 0.15) is 55.6 Å². The molecule has 24 aromatic rings. The number of rotatable bonds is 14. The summed E-state index contributed by atoms with van der Waals surface area (Å²) in [4.78, 5) is 19.3. The number of aromatic nitrogens is 4. The monoisotopic (exact) mass is 1870 g/mol. The molecule has 1 radical (unpaired) electrons. The molecule has 4 aromatic heterocycles. The second-order valence-corrected chi connectivity index (χ2v) is 39.0. The summed E-state index contributed by atoms with van der Waals surface area (Å²) in [5, 5.41) is 17.7. The zero-order valence-electron chi connectivity index (χ0n) is 79.2. The van der Waals surface area contributed by atoms with Crippen molar-refractivity contribution in [2.75, 3.05) is 9.80 Å². The average molecular weight is 1870 g/mol. The molecule has 2 spiro atoms. The second kappa shape index (κ2) is 32.3. The predicted molar refractivity (Wildman–Crippen MR) is 593 cm³/mol. The summed E-state index contributed by atoms with van der Waals surface area (Å²) in [6.07, 6.45) is 4.05. The molecule has 677 valence electrons. The third kappa shape index (κ3) is 12.2. The average Bonchev–Trinajstić information content (AvgIpc) is 1.51. The molecule has 0 amide bonds. The van der Waals surface area contributed by atoms with Crippen LogP contribution in [0.3, 0.4) is 0 Å². The van der Waals surface area contributed by atoms with Crippen molar-refractivity contribution in [3.05, 3.63) is 564 Å². The zero-order valence-corrected chi connectivity index (χ0v) is 79.2. The van der Waals surface area contributed by atoms with Crippen molar-refractivity contribution >= 4 is 115 Å². The first-order valence-corrected chi connectivity index (χ1v) is 49.9. The molecule has 6 aliphatic rings. The van der Waals surface area contributed by atoms with Crippen LogP contribution in [-0.4, -0.2) is 23.8 Å². The summed E-state index contributed by atoms with van der Waals surface area (Å²) < 4.78 is 25.9. The van der Waals surface area contributed by atoms with Gasteiger partial charge < -0.3 is 14.3 Å². The van der Waals surface area contributed by atoms with E-state index in [1.807, 2.05) is 91.1 Å². The summed E-state index contributed by atoms with van der Waals surface area (Å²) in [5.41, 5.74) is 42.8. The van der Waals surface area contributed by atoms with E-state index in [-0.39, 0.29) is 11.3 Å². The Labute approximate surface area is 848 Å². The molecule has 0 atom stereocenters. The third-order valence-corrected chi connectivity index (χ3v) is 31.8. The molecule has 0 unspecified atom stereocenters. The molecule has 20 aromatic carbocycles. The fourth-order valence-corrected chi connectivity index (χ4v) is 25.3. The molecule has 0 fully saturated rings. The second-order valence-electron chi connectivity index (χ2n) is 39.0. The molecule has 30 rings (SSSR count). The van der Waals surface area contributed by atoms with Gasteiger partial charge in [-0.1, -0.05) is 340 Å². The molecule has 10 nitrogen and oxygen atoms in total. The van der Waals surface area contributed by atoms with Crippen molar-refractivity contribution < 1.29 is 13.3 Å². The minimum absolute atomic E-state index is 0.235. The Morgan fingerprint density at radius 1 is 0.306 bits per heavy atom. The van der Waals surface area contributed by atoms with E-state index in [4.69, 9.17) is 16.6 Å². The number of nitriles is 1. The van der Waals surface area contributed by atoms with Crippen LogP contribution in [0.2, 0.25) is 0 Å². The summed E-state index contributed by atoms with van der Waals surface area (Å²) in [6, 6.07) is 171. The molecule has 2 aliphatic heterocycles. The van der Waals surface area contributed by atoms with Crippen LogP contribution in [0.15, 0.2) is 496 Å². The van der Waals surface area contributed by atoms with Gasteiger partial charge in [0.2, 0.25) is 16.7 Å². The van der Waals surface area contributed by atoms with Crippen LogP contribution in [0.4, 0.5) is 50.1 Å². The minimum atomic E-state index is -1.61. The lowest BCUT2D eigenvalue weighted by atomic mass is 9.70. The van der Waals surface area contributed by atoms with Gasteiger partial charge in [-0.05, 0) is 298 Å². The number of halogens is 1. The first-order valence-electron chi connectivity index (χ1n) is 49.9. The van der Waals surface area contributed by atoms with Gasteiger partial charge in [0.15, 0.2) is 0 Å². The zero-order chi connectivity index (χ0) is 97.0. The number of fused-ring (bicyclic) bond motifs is 28. The number of allylic oxidation sites excluding steroid dienone is 1. The van der Waals surface area contributed by atoms with Gasteiger partial charge in [0.1, 0.15) is 0 Å². The quantitative estimate of drug-likeness (QED) is 0.0471. The molecule has 0 saturated heterocycles. The van der Waals surface area contributed by atoms with E-state index in [9.17, 15) is 5.26 Å². The molecule has 0 saturated carbocycles. The van der Waals surface area contributed by atoms with E-state index in [2.05, 4.69) is 432 Å². The van der Waals surface area contributed by atoms with Gasteiger partial charge in [0.25, 0.3) is 0 Å². The number of benzene rings is 20. The third-order valence-electron chi connectivity index (χ3n) is 31.8. The Morgan fingerprint density at radius 2 is 0.633 bits per heavy atom. The maximum absolute atomic E-state index is 18.2. The highest BCUT2D eigenvalue weighted by molar-refractivity contribution is 6.42. The van der Waals surface area contributed by atoms with Gasteiger partial charge >= 0.3 is 26.4 Å². The van der Waals surface area contributed by atoms with E-state index in [0.29, 0.717) is 22.4 Å². The van der Waals surface area contributed by atoms with Crippen molar-refractivity contribution in [2.24, 2.45) is 9.98 Å². The summed E-state index contributed by atoms with van der Waals surface area (Å²) in [7, 11) is 0.572. The van der Waals surface area contributed by atoms with Crippen LogP contribution in [0.5, 0.6) is 0 Å². The normalized spacial score (nSPS) is 13.4. The highest BCUT2D eigenvalue weighted by Crippen LogP contribution is 2.66. The molecule has 4 aliphatic carbocycles. The van der Waals surface area contributed by atoms with E-state index >= 15 is 4.32 Å². The van der Waals surface area contributed by atoms with Crippen molar-refractivity contribution in [3.8, 4) is 117 Å². The summed E-state index contributed by atoms with van der Waals surface area (Å²) >= 11 is 0. The van der Waals surface area contributed by atoms with Gasteiger partial charge in [0, 0.05) is 79.2 Å². The lowest BCUT2D eigenvalue weighted by Gasteiger charge is -2.30. The standard InChI is InChI=1S/C134H80B2FN10/c1-139-130(90-52-68-100(69-53-90)145(96-60-44-86(45-61-96)84-24-6-3-7-25-84)97-62-46-87(47-63-97)93-56-76-126-140-131-113-34-20-32-111-101(72-74-124(128(111)113)146(131)135-142(126)81-93)91-54-70-109-107-30-12-18-40-120(107)133(122(109)78-91)116-36-14-8-26-103(116)104-27-9-15-37-117(104)133)115(80-138)89-50-66-99(67-51-89)144(95-58-42-85(43-59-95)83-22-4-2-5-23-83)98-64-48-88(49-65-98)94-57-77-127-141-132-114-35-21-33-112-102(73-75-125(129(112)114)147(132)136(137)143(127)82-94)92-55-71-110-108-31-13-19-41-121(108)134(123(110)79-92)118-38-16-10-28-105(118)106-29-11-17-39-119(106)134/h2-79,81-82H/q+2/b130-115-. The number of anilines is 6. The van der Waals surface area contributed by atoms with Gasteiger partial charge in [-0.2, -0.15) is 5.26 Å². The smallest absolute Gasteiger partial charge is 0.311 e. The maximum Gasteiger partial charge on any atom is 0.727 e. The molecule has 0 bridgehead atoms. The van der Waals surface area contributed by atoms with Crippen molar-refractivity contribution in [1.82, 2.24) is 8.96 Å². The molecular weight excluding hydrogens is 1790 g/mol.